The van der Waals surface area contributed by atoms with Crippen LogP contribution in [0.15, 0.2) is 24.8 Å². The highest BCUT2D eigenvalue weighted by Crippen LogP contribution is 2.35. The zero-order valence-corrected chi connectivity index (χ0v) is 17.1. The second-order valence-electron chi connectivity index (χ2n) is 7.06. The van der Waals surface area contributed by atoms with Gasteiger partial charge in [0.25, 0.3) is 0 Å². The molecule has 3 aromatic heterocycles. The van der Waals surface area contributed by atoms with Crippen molar-refractivity contribution in [2.24, 2.45) is 0 Å². The van der Waals surface area contributed by atoms with Crippen LogP contribution in [0.5, 0.6) is 5.75 Å². The number of ether oxygens (including phenoxy) is 2. The SMILES string of the molecule is CCn1cnc2cc(-c3nc(Cl)nc4c3ncn4C3CCCCO3)cc(OC)c21. The van der Waals surface area contributed by atoms with Gasteiger partial charge in [0.1, 0.15) is 28.7 Å². The summed E-state index contributed by atoms with van der Waals surface area (Å²) in [6.45, 7) is 3.62. The lowest BCUT2D eigenvalue weighted by Crippen LogP contribution is -2.17. The van der Waals surface area contributed by atoms with Crippen molar-refractivity contribution in [1.82, 2.24) is 29.1 Å². The third kappa shape index (κ3) is 3.03. The summed E-state index contributed by atoms with van der Waals surface area (Å²) < 4.78 is 15.6. The van der Waals surface area contributed by atoms with Crippen LogP contribution < -0.4 is 4.74 Å². The van der Waals surface area contributed by atoms with Gasteiger partial charge >= 0.3 is 0 Å². The quantitative estimate of drug-likeness (QED) is 0.467. The molecule has 1 aromatic carbocycles. The molecule has 1 saturated heterocycles. The fourth-order valence-electron chi connectivity index (χ4n) is 3.95. The highest BCUT2D eigenvalue weighted by Gasteiger charge is 2.22. The summed E-state index contributed by atoms with van der Waals surface area (Å²) in [5, 5.41) is 0.170. The third-order valence-electron chi connectivity index (χ3n) is 5.37. The van der Waals surface area contributed by atoms with Crippen LogP contribution >= 0.6 is 11.6 Å². The number of aryl methyl sites for hydroxylation is 1. The summed E-state index contributed by atoms with van der Waals surface area (Å²) in [5.41, 5.74) is 4.63. The number of rotatable bonds is 4. The van der Waals surface area contributed by atoms with Gasteiger partial charge < -0.3 is 14.0 Å². The number of hydrogen-bond acceptors (Lipinski definition) is 6. The van der Waals surface area contributed by atoms with Crippen molar-refractivity contribution >= 4 is 33.8 Å². The van der Waals surface area contributed by atoms with Gasteiger partial charge in [0.05, 0.1) is 25.3 Å². The molecule has 0 amide bonds. The minimum Gasteiger partial charge on any atom is -0.494 e. The fraction of sp³-hybridized carbons (Fsp3) is 0.400. The second-order valence-corrected chi connectivity index (χ2v) is 7.40. The van der Waals surface area contributed by atoms with Gasteiger partial charge in [-0.15, -0.1) is 0 Å². The number of halogens is 1. The molecule has 0 bridgehead atoms. The highest BCUT2D eigenvalue weighted by molar-refractivity contribution is 6.28. The van der Waals surface area contributed by atoms with Gasteiger partial charge in [-0.2, -0.15) is 4.98 Å². The molecule has 29 heavy (non-hydrogen) atoms. The summed E-state index contributed by atoms with van der Waals surface area (Å²) >= 11 is 6.30. The van der Waals surface area contributed by atoms with Gasteiger partial charge in [0.15, 0.2) is 5.65 Å². The molecule has 0 aliphatic carbocycles. The zero-order chi connectivity index (χ0) is 20.0. The maximum absolute atomic E-state index is 6.30. The maximum atomic E-state index is 6.30. The Bertz CT molecular complexity index is 1190. The number of methoxy groups -OCH3 is 1. The van der Waals surface area contributed by atoms with Crippen LogP contribution in [0.3, 0.4) is 0 Å². The Kier molecular flexibility index (Phi) is 4.60. The minimum atomic E-state index is -0.0789. The number of fused-ring (bicyclic) bond motifs is 2. The maximum Gasteiger partial charge on any atom is 0.225 e. The Morgan fingerprint density at radius 2 is 2.10 bits per heavy atom. The molecule has 1 atom stereocenters. The molecule has 150 valence electrons. The van der Waals surface area contributed by atoms with Crippen LogP contribution in [0.25, 0.3) is 33.5 Å². The monoisotopic (exact) mass is 412 g/mol. The van der Waals surface area contributed by atoms with Gasteiger partial charge in [-0.1, -0.05) is 0 Å². The predicted molar refractivity (Wildman–Crippen MR) is 110 cm³/mol. The highest BCUT2D eigenvalue weighted by atomic mass is 35.5. The lowest BCUT2D eigenvalue weighted by Gasteiger charge is -2.23. The van der Waals surface area contributed by atoms with Crippen LogP contribution in [0.1, 0.15) is 32.4 Å². The molecule has 0 N–H and O–H groups in total. The number of hydrogen-bond donors (Lipinski definition) is 0. The standard InChI is InChI=1S/C20H21ClN6O2/c1-3-26-10-22-13-8-12(9-14(28-2)18(13)26)16-17-19(25-20(21)24-16)27(11-23-17)15-6-4-5-7-29-15/h8-11,15H,3-7H2,1-2H3. The van der Waals surface area contributed by atoms with Crippen LogP contribution in [-0.2, 0) is 11.3 Å². The minimum absolute atomic E-state index is 0.0789. The van der Waals surface area contributed by atoms with E-state index in [1.807, 2.05) is 23.0 Å². The summed E-state index contributed by atoms with van der Waals surface area (Å²) in [4.78, 5) is 18.1. The first kappa shape index (κ1) is 18.3. The summed E-state index contributed by atoms with van der Waals surface area (Å²) in [5.74, 6) is 0.731. The molecule has 0 saturated carbocycles. The van der Waals surface area contributed by atoms with Gasteiger partial charge in [-0.25, -0.2) is 15.0 Å². The average Bonchev–Trinajstić information content (AvgIpc) is 3.37. The molecule has 1 fully saturated rings. The fourth-order valence-corrected chi connectivity index (χ4v) is 4.11. The van der Waals surface area contributed by atoms with E-state index in [4.69, 9.17) is 21.1 Å². The van der Waals surface area contributed by atoms with Crippen molar-refractivity contribution in [1.29, 1.82) is 0 Å². The van der Waals surface area contributed by atoms with Crippen molar-refractivity contribution < 1.29 is 9.47 Å². The number of aromatic nitrogens is 6. The Morgan fingerprint density at radius 1 is 1.21 bits per heavy atom. The lowest BCUT2D eigenvalue weighted by molar-refractivity contribution is -0.0298. The van der Waals surface area contributed by atoms with Gasteiger partial charge in [0.2, 0.25) is 5.28 Å². The Labute approximate surface area is 172 Å². The van der Waals surface area contributed by atoms with E-state index in [-0.39, 0.29) is 11.5 Å². The third-order valence-corrected chi connectivity index (χ3v) is 5.54. The van der Waals surface area contributed by atoms with E-state index in [1.165, 1.54) is 0 Å². The molecule has 1 unspecified atom stereocenters. The van der Waals surface area contributed by atoms with E-state index in [0.717, 1.165) is 54.8 Å². The van der Waals surface area contributed by atoms with Crippen LogP contribution in [0, 0.1) is 0 Å². The first-order valence-corrected chi connectivity index (χ1v) is 10.1. The van der Waals surface area contributed by atoms with Crippen LogP contribution in [-0.4, -0.2) is 42.8 Å². The molecule has 1 aliphatic heterocycles. The van der Waals surface area contributed by atoms with E-state index in [9.17, 15) is 0 Å². The van der Waals surface area contributed by atoms with E-state index >= 15 is 0 Å². The van der Waals surface area contributed by atoms with Crippen molar-refractivity contribution in [2.45, 2.75) is 39.0 Å². The Morgan fingerprint density at radius 3 is 2.86 bits per heavy atom. The molecule has 8 nitrogen and oxygen atoms in total. The number of benzene rings is 1. The summed E-state index contributed by atoms with van der Waals surface area (Å²) in [7, 11) is 1.66. The number of nitrogens with zero attached hydrogens (tertiary/aromatic N) is 6. The topological polar surface area (TPSA) is 79.9 Å². The van der Waals surface area contributed by atoms with E-state index in [2.05, 4.69) is 31.4 Å². The number of imidazole rings is 2. The van der Waals surface area contributed by atoms with E-state index in [1.54, 1.807) is 13.4 Å². The predicted octanol–water partition coefficient (Wildman–Crippen LogP) is 4.22. The Hall–Kier alpha value is -2.71. The zero-order valence-electron chi connectivity index (χ0n) is 16.3. The van der Waals surface area contributed by atoms with Gasteiger partial charge in [-0.3, -0.25) is 4.57 Å². The van der Waals surface area contributed by atoms with Crippen LogP contribution in [0.2, 0.25) is 5.28 Å². The van der Waals surface area contributed by atoms with Gasteiger partial charge in [0, 0.05) is 18.7 Å². The smallest absolute Gasteiger partial charge is 0.225 e. The first-order chi connectivity index (χ1) is 14.2. The summed E-state index contributed by atoms with van der Waals surface area (Å²) in [6.07, 6.45) is 6.62. The molecule has 0 radical (unpaired) electrons. The van der Waals surface area contributed by atoms with Crippen molar-refractivity contribution in [3.05, 3.63) is 30.1 Å². The molecule has 4 heterocycles. The molecular formula is C20H21ClN6O2. The molecular weight excluding hydrogens is 392 g/mol. The lowest BCUT2D eigenvalue weighted by atomic mass is 10.1. The van der Waals surface area contributed by atoms with Crippen molar-refractivity contribution in [2.75, 3.05) is 13.7 Å². The molecule has 1 aliphatic rings. The molecule has 9 heteroatoms. The molecule has 5 rings (SSSR count). The summed E-state index contributed by atoms with van der Waals surface area (Å²) in [6, 6.07) is 3.93. The molecule has 0 spiro atoms. The Balaban J connectivity index is 1.70. The van der Waals surface area contributed by atoms with E-state index < -0.39 is 0 Å². The molecule has 4 aromatic rings. The van der Waals surface area contributed by atoms with Crippen molar-refractivity contribution in [3.8, 4) is 17.0 Å². The van der Waals surface area contributed by atoms with Gasteiger partial charge in [-0.05, 0) is 49.9 Å². The second kappa shape index (κ2) is 7.27. The van der Waals surface area contributed by atoms with E-state index in [0.29, 0.717) is 16.9 Å². The normalized spacial score (nSPS) is 17.3. The van der Waals surface area contributed by atoms with Crippen molar-refractivity contribution in [3.63, 3.8) is 0 Å². The average molecular weight is 413 g/mol. The largest absolute Gasteiger partial charge is 0.494 e. The van der Waals surface area contributed by atoms with Crippen LogP contribution in [0.4, 0.5) is 0 Å². The first-order valence-electron chi connectivity index (χ1n) is 9.74.